The van der Waals surface area contributed by atoms with Crippen LogP contribution in [0.4, 0.5) is 0 Å². The summed E-state index contributed by atoms with van der Waals surface area (Å²) in [6.45, 7) is 3.38. The number of amides is 2. The molecule has 0 fully saturated rings. The van der Waals surface area contributed by atoms with Gasteiger partial charge in [-0.15, -0.1) is 0 Å². The number of fused-ring (bicyclic) bond motifs is 1. The number of carbonyl (C=O) groups is 2. The summed E-state index contributed by atoms with van der Waals surface area (Å²) in [4.78, 5) is 27.1. The average Bonchev–Trinajstić information content (AvgIpc) is 2.56. The van der Waals surface area contributed by atoms with Crippen LogP contribution in [0.25, 0.3) is 10.9 Å². The molecule has 1 aromatic carbocycles. The normalized spacial score (nSPS) is 10.4. The zero-order valence-corrected chi connectivity index (χ0v) is 14.1. The van der Waals surface area contributed by atoms with E-state index in [1.807, 2.05) is 25.1 Å². The highest BCUT2D eigenvalue weighted by Gasteiger charge is 2.10. The van der Waals surface area contributed by atoms with Gasteiger partial charge in [0.2, 0.25) is 11.8 Å². The molecule has 122 valence electrons. The monoisotopic (exact) mass is 333 g/mol. The van der Waals surface area contributed by atoms with Crippen LogP contribution in [-0.2, 0) is 16.0 Å². The smallest absolute Gasteiger partial charge is 0.248 e. The molecule has 6 nitrogen and oxygen atoms in total. The van der Waals surface area contributed by atoms with Crippen molar-refractivity contribution in [1.29, 1.82) is 0 Å². The summed E-state index contributed by atoms with van der Waals surface area (Å²) in [5.74, 6) is 0.331. The fraction of sp³-hybridized carbons (Fsp3) is 0.312. The first-order valence-corrected chi connectivity index (χ1v) is 8.18. The number of nitrogens with zero attached hydrogens (tertiary/aromatic N) is 1. The third kappa shape index (κ3) is 4.59. The van der Waals surface area contributed by atoms with Crippen molar-refractivity contribution in [1.82, 2.24) is 15.8 Å². The van der Waals surface area contributed by atoms with E-state index in [1.165, 1.54) is 18.7 Å². The van der Waals surface area contributed by atoms with Gasteiger partial charge in [0.1, 0.15) is 10.8 Å². The minimum Gasteiger partial charge on any atom is -0.497 e. The maximum Gasteiger partial charge on any atom is 0.248 e. The summed E-state index contributed by atoms with van der Waals surface area (Å²) < 4.78 is 5.22. The lowest BCUT2D eigenvalue weighted by atomic mass is 10.1. The van der Waals surface area contributed by atoms with Crippen LogP contribution < -0.4 is 15.6 Å². The number of benzene rings is 1. The first kappa shape index (κ1) is 17.1. The average molecular weight is 333 g/mol. The number of aromatic nitrogens is 1. The first-order valence-electron chi connectivity index (χ1n) is 7.19. The molecule has 0 bridgehead atoms. The molecule has 2 N–H and O–H groups in total. The number of hydrogen-bond acceptors (Lipinski definition) is 5. The Hall–Kier alpha value is -2.28. The Bertz CT molecular complexity index is 734. The molecule has 2 amide bonds. The highest BCUT2D eigenvalue weighted by molar-refractivity contribution is 7.99. The molecule has 0 aliphatic carbocycles. The largest absolute Gasteiger partial charge is 0.497 e. The van der Waals surface area contributed by atoms with Gasteiger partial charge in [0, 0.05) is 18.4 Å². The highest BCUT2D eigenvalue weighted by atomic mass is 32.2. The fourth-order valence-corrected chi connectivity index (χ4v) is 2.90. The van der Waals surface area contributed by atoms with Crippen LogP contribution in [0.1, 0.15) is 19.4 Å². The molecule has 0 radical (unpaired) electrons. The van der Waals surface area contributed by atoms with Gasteiger partial charge in [-0.3, -0.25) is 20.4 Å². The maximum absolute atomic E-state index is 11.7. The minimum atomic E-state index is -0.312. The Balaban J connectivity index is 2.17. The standard InChI is InChI=1S/C16H19N3O3S/c1-4-11-7-12-5-6-13(22-3)8-14(12)17-16(11)23-9-15(21)19-18-10(2)20/h5-8H,4,9H2,1-3H3,(H,18,20)(H,19,21). The zero-order chi connectivity index (χ0) is 16.8. The van der Waals surface area contributed by atoms with E-state index in [0.29, 0.717) is 0 Å². The van der Waals surface area contributed by atoms with E-state index in [2.05, 4.69) is 21.9 Å². The minimum absolute atomic E-state index is 0.176. The third-order valence-electron chi connectivity index (χ3n) is 3.16. The Morgan fingerprint density at radius 3 is 2.70 bits per heavy atom. The molecule has 0 aliphatic heterocycles. The SMILES string of the molecule is CCc1cc2ccc(OC)cc2nc1SCC(=O)NNC(C)=O. The number of thioether (sulfide) groups is 1. The van der Waals surface area contributed by atoms with Crippen molar-refractivity contribution in [2.45, 2.75) is 25.3 Å². The molecule has 2 rings (SSSR count). The van der Waals surface area contributed by atoms with E-state index in [9.17, 15) is 9.59 Å². The van der Waals surface area contributed by atoms with Gasteiger partial charge in [0.15, 0.2) is 0 Å². The molecule has 0 spiro atoms. The lowest BCUT2D eigenvalue weighted by molar-refractivity contribution is -0.126. The van der Waals surface area contributed by atoms with Gasteiger partial charge in [0.05, 0.1) is 18.4 Å². The number of methoxy groups -OCH3 is 1. The molecule has 7 heteroatoms. The second-order valence-corrected chi connectivity index (χ2v) is 5.85. The second kappa shape index (κ2) is 7.82. The number of hydrogen-bond donors (Lipinski definition) is 2. The predicted octanol–water partition coefficient (Wildman–Crippen LogP) is 2.07. The summed E-state index contributed by atoms with van der Waals surface area (Å²) in [5.41, 5.74) is 6.51. The van der Waals surface area contributed by atoms with Gasteiger partial charge in [-0.1, -0.05) is 18.7 Å². The Morgan fingerprint density at radius 1 is 1.26 bits per heavy atom. The van der Waals surface area contributed by atoms with Gasteiger partial charge in [-0.05, 0) is 30.2 Å². The fourth-order valence-electron chi connectivity index (χ4n) is 2.01. The first-order chi connectivity index (χ1) is 11.0. The van der Waals surface area contributed by atoms with E-state index in [-0.39, 0.29) is 17.6 Å². The number of pyridine rings is 1. The molecular formula is C16H19N3O3S. The van der Waals surface area contributed by atoms with Crippen molar-refractivity contribution in [3.05, 3.63) is 29.8 Å². The molecular weight excluding hydrogens is 314 g/mol. The van der Waals surface area contributed by atoms with E-state index >= 15 is 0 Å². The number of nitrogens with one attached hydrogen (secondary N) is 2. The predicted molar refractivity (Wildman–Crippen MR) is 90.4 cm³/mol. The summed E-state index contributed by atoms with van der Waals surface area (Å²) in [5, 5.41) is 1.85. The summed E-state index contributed by atoms with van der Waals surface area (Å²) in [6.07, 6.45) is 0.824. The molecule has 0 saturated carbocycles. The van der Waals surface area contributed by atoms with Crippen LogP contribution in [0.15, 0.2) is 29.3 Å². The molecule has 1 heterocycles. The van der Waals surface area contributed by atoms with Crippen molar-refractivity contribution in [3.63, 3.8) is 0 Å². The van der Waals surface area contributed by atoms with Gasteiger partial charge in [-0.2, -0.15) is 0 Å². The van der Waals surface area contributed by atoms with E-state index in [4.69, 9.17) is 4.74 Å². The van der Waals surface area contributed by atoms with Crippen molar-refractivity contribution in [2.75, 3.05) is 12.9 Å². The summed E-state index contributed by atoms with van der Waals surface area (Å²) in [6, 6.07) is 7.82. The quantitative estimate of drug-likeness (QED) is 0.647. The van der Waals surface area contributed by atoms with E-state index in [1.54, 1.807) is 7.11 Å². The Morgan fingerprint density at radius 2 is 2.04 bits per heavy atom. The number of rotatable bonds is 5. The second-order valence-electron chi connectivity index (χ2n) is 4.88. The molecule has 0 saturated heterocycles. The Kier molecular flexibility index (Phi) is 5.81. The maximum atomic E-state index is 11.7. The van der Waals surface area contributed by atoms with Crippen LogP contribution in [0.2, 0.25) is 0 Å². The lowest BCUT2D eigenvalue weighted by Crippen LogP contribution is -2.41. The molecule has 0 atom stereocenters. The number of ether oxygens (including phenoxy) is 1. The van der Waals surface area contributed by atoms with Gasteiger partial charge in [-0.25, -0.2) is 4.98 Å². The van der Waals surface area contributed by atoms with Crippen LogP contribution in [-0.4, -0.2) is 29.7 Å². The van der Waals surface area contributed by atoms with Gasteiger partial charge >= 0.3 is 0 Å². The van der Waals surface area contributed by atoms with Gasteiger partial charge in [0.25, 0.3) is 0 Å². The van der Waals surface area contributed by atoms with Crippen molar-refractivity contribution in [2.24, 2.45) is 0 Å². The van der Waals surface area contributed by atoms with Crippen LogP contribution in [0, 0.1) is 0 Å². The topological polar surface area (TPSA) is 80.3 Å². The summed E-state index contributed by atoms with van der Waals surface area (Å²) in [7, 11) is 1.61. The molecule has 23 heavy (non-hydrogen) atoms. The number of aryl methyl sites for hydroxylation is 1. The van der Waals surface area contributed by atoms with Crippen molar-refractivity contribution in [3.8, 4) is 5.75 Å². The van der Waals surface area contributed by atoms with E-state index < -0.39 is 0 Å². The van der Waals surface area contributed by atoms with Crippen LogP contribution in [0.3, 0.4) is 0 Å². The van der Waals surface area contributed by atoms with Crippen LogP contribution >= 0.6 is 11.8 Å². The number of hydrazine groups is 1. The highest BCUT2D eigenvalue weighted by Crippen LogP contribution is 2.27. The lowest BCUT2D eigenvalue weighted by Gasteiger charge is -2.10. The van der Waals surface area contributed by atoms with Gasteiger partial charge < -0.3 is 4.74 Å². The van der Waals surface area contributed by atoms with Crippen molar-refractivity contribution < 1.29 is 14.3 Å². The molecule has 0 aliphatic rings. The zero-order valence-electron chi connectivity index (χ0n) is 13.3. The number of carbonyl (C=O) groups excluding carboxylic acids is 2. The summed E-state index contributed by atoms with van der Waals surface area (Å²) >= 11 is 1.34. The molecule has 0 unspecified atom stereocenters. The Labute approximate surface area is 139 Å². The van der Waals surface area contributed by atoms with E-state index in [0.717, 1.165) is 33.7 Å². The van der Waals surface area contributed by atoms with Crippen molar-refractivity contribution >= 4 is 34.5 Å². The third-order valence-corrected chi connectivity index (χ3v) is 4.20. The van der Waals surface area contributed by atoms with Crippen LogP contribution in [0.5, 0.6) is 5.75 Å². The molecule has 2 aromatic rings. The molecule has 1 aromatic heterocycles.